The van der Waals surface area contributed by atoms with Gasteiger partial charge in [0.2, 0.25) is 5.78 Å². The zero-order valence-electron chi connectivity index (χ0n) is 14.4. The molecule has 0 radical (unpaired) electrons. The first-order chi connectivity index (χ1) is 12.4. The molecule has 6 nitrogen and oxygen atoms in total. The summed E-state index contributed by atoms with van der Waals surface area (Å²) in [5, 5.41) is 21.7. The summed E-state index contributed by atoms with van der Waals surface area (Å²) in [5.74, 6) is -0.128. The number of hydrogen-bond acceptors (Lipinski definition) is 6. The number of fused-ring (bicyclic) bond motifs is 4. The van der Waals surface area contributed by atoms with E-state index < -0.39 is 23.7 Å². The third-order valence-electron chi connectivity index (χ3n) is 6.35. The van der Waals surface area contributed by atoms with Crippen LogP contribution < -0.4 is 0 Å². The number of benzene rings is 1. The van der Waals surface area contributed by atoms with Crippen molar-refractivity contribution in [3.05, 3.63) is 57.5 Å². The molecular formula is C20H18O6. The van der Waals surface area contributed by atoms with E-state index in [1.807, 2.05) is 6.92 Å². The van der Waals surface area contributed by atoms with Crippen molar-refractivity contribution in [3.63, 3.8) is 0 Å². The van der Waals surface area contributed by atoms with E-state index in [4.69, 9.17) is 9.15 Å². The van der Waals surface area contributed by atoms with Crippen molar-refractivity contribution in [2.45, 2.75) is 43.5 Å². The predicted octanol–water partition coefficient (Wildman–Crippen LogP) is 1.68. The SMILES string of the molecule is CO[C@H]1[C@@H](O)c2coc3c2[C@](C)(c2ccc4c(c2C3=O)CCC4=O)[C@H]1O. The molecule has 134 valence electrons. The number of carbonyl (C=O) groups is 2. The average Bonchev–Trinajstić information content (AvgIpc) is 3.23. The number of rotatable bonds is 1. The zero-order valence-corrected chi connectivity index (χ0v) is 14.4. The Morgan fingerprint density at radius 2 is 2.00 bits per heavy atom. The van der Waals surface area contributed by atoms with Gasteiger partial charge in [0.25, 0.3) is 0 Å². The highest BCUT2D eigenvalue weighted by Crippen LogP contribution is 2.54. The molecular weight excluding hydrogens is 336 g/mol. The summed E-state index contributed by atoms with van der Waals surface area (Å²) in [6.07, 6.45) is -0.744. The van der Waals surface area contributed by atoms with E-state index in [0.717, 1.165) is 5.56 Å². The van der Waals surface area contributed by atoms with Crippen molar-refractivity contribution in [1.29, 1.82) is 0 Å². The summed E-state index contributed by atoms with van der Waals surface area (Å²) >= 11 is 0. The number of hydrogen-bond donors (Lipinski definition) is 2. The zero-order chi connectivity index (χ0) is 18.4. The number of ketones is 2. The summed E-state index contributed by atoms with van der Waals surface area (Å²) in [6, 6.07) is 3.50. The lowest BCUT2D eigenvalue weighted by Gasteiger charge is -2.47. The van der Waals surface area contributed by atoms with Gasteiger partial charge in [0, 0.05) is 35.8 Å². The lowest BCUT2D eigenvalue weighted by Crippen LogP contribution is -2.55. The van der Waals surface area contributed by atoms with Crippen LogP contribution in [0, 0.1) is 0 Å². The van der Waals surface area contributed by atoms with E-state index >= 15 is 0 Å². The van der Waals surface area contributed by atoms with Gasteiger partial charge in [-0.15, -0.1) is 0 Å². The Balaban J connectivity index is 1.87. The fourth-order valence-electron chi connectivity index (χ4n) is 5.02. The predicted molar refractivity (Wildman–Crippen MR) is 89.5 cm³/mol. The molecule has 0 unspecified atom stereocenters. The minimum Gasteiger partial charge on any atom is -0.460 e. The second-order valence-electron chi connectivity index (χ2n) is 7.45. The van der Waals surface area contributed by atoms with Crippen LogP contribution in [0.5, 0.6) is 0 Å². The molecule has 1 aromatic heterocycles. The van der Waals surface area contributed by atoms with E-state index in [-0.39, 0.29) is 17.3 Å². The molecule has 0 fully saturated rings. The first-order valence-electron chi connectivity index (χ1n) is 8.66. The van der Waals surface area contributed by atoms with Crippen LogP contribution in [-0.4, -0.2) is 41.1 Å². The Morgan fingerprint density at radius 1 is 1.23 bits per heavy atom. The van der Waals surface area contributed by atoms with Crippen LogP contribution >= 0.6 is 0 Å². The third-order valence-corrected chi connectivity index (χ3v) is 6.35. The van der Waals surface area contributed by atoms with E-state index in [0.29, 0.717) is 40.7 Å². The maximum atomic E-state index is 13.2. The molecule has 5 rings (SSSR count). The Morgan fingerprint density at radius 3 is 2.73 bits per heavy atom. The van der Waals surface area contributed by atoms with Gasteiger partial charge in [-0.1, -0.05) is 12.1 Å². The minimum absolute atomic E-state index is 0.0288. The molecule has 2 N–H and O–H groups in total. The van der Waals surface area contributed by atoms with Gasteiger partial charge in [0.15, 0.2) is 11.5 Å². The van der Waals surface area contributed by atoms with Crippen LogP contribution in [0.25, 0.3) is 0 Å². The Kier molecular flexibility index (Phi) is 3.01. The topological polar surface area (TPSA) is 97.0 Å². The normalized spacial score (nSPS) is 31.6. The molecule has 3 aliphatic carbocycles. The highest BCUT2D eigenvalue weighted by molar-refractivity contribution is 6.15. The number of aliphatic hydroxyl groups is 2. The van der Waals surface area contributed by atoms with Crippen LogP contribution in [0.4, 0.5) is 0 Å². The molecule has 0 amide bonds. The van der Waals surface area contributed by atoms with Gasteiger partial charge < -0.3 is 19.4 Å². The molecule has 3 aliphatic rings. The van der Waals surface area contributed by atoms with Gasteiger partial charge >= 0.3 is 0 Å². The number of carbonyl (C=O) groups excluding carboxylic acids is 2. The molecule has 4 atom stereocenters. The van der Waals surface area contributed by atoms with Gasteiger partial charge in [-0.25, -0.2) is 0 Å². The van der Waals surface area contributed by atoms with Gasteiger partial charge in [0.1, 0.15) is 12.2 Å². The third kappa shape index (κ3) is 1.58. The van der Waals surface area contributed by atoms with E-state index in [2.05, 4.69) is 0 Å². The van der Waals surface area contributed by atoms with E-state index in [1.165, 1.54) is 13.4 Å². The van der Waals surface area contributed by atoms with Gasteiger partial charge in [-0.2, -0.15) is 0 Å². The van der Waals surface area contributed by atoms with Gasteiger partial charge in [-0.05, 0) is 24.5 Å². The average molecular weight is 354 g/mol. The second-order valence-corrected chi connectivity index (χ2v) is 7.45. The quantitative estimate of drug-likeness (QED) is 0.809. The largest absolute Gasteiger partial charge is 0.460 e. The van der Waals surface area contributed by atoms with E-state index in [9.17, 15) is 19.8 Å². The number of ether oxygens (including phenoxy) is 1. The smallest absolute Gasteiger partial charge is 0.229 e. The van der Waals surface area contributed by atoms with Crippen LogP contribution in [-0.2, 0) is 16.6 Å². The van der Waals surface area contributed by atoms with Crippen LogP contribution in [0.1, 0.15) is 68.2 Å². The molecule has 1 heterocycles. The highest BCUT2D eigenvalue weighted by Gasteiger charge is 2.57. The Labute approximate surface area is 149 Å². The van der Waals surface area contributed by atoms with Gasteiger partial charge in [-0.3, -0.25) is 9.59 Å². The molecule has 0 saturated carbocycles. The van der Waals surface area contributed by atoms with Crippen molar-refractivity contribution >= 4 is 11.6 Å². The molecule has 0 saturated heterocycles. The van der Waals surface area contributed by atoms with Crippen molar-refractivity contribution in [1.82, 2.24) is 0 Å². The maximum Gasteiger partial charge on any atom is 0.229 e. The second kappa shape index (κ2) is 4.91. The first-order valence-corrected chi connectivity index (χ1v) is 8.66. The summed E-state index contributed by atoms with van der Waals surface area (Å²) < 4.78 is 10.9. The van der Waals surface area contributed by atoms with Crippen molar-refractivity contribution in [2.75, 3.05) is 7.11 Å². The number of Topliss-reactive ketones (excluding diaryl/α,β-unsaturated/α-hetero) is 1. The Hall–Kier alpha value is -2.28. The number of furan rings is 1. The molecule has 0 spiro atoms. The molecule has 2 aromatic rings. The number of methoxy groups -OCH3 is 1. The monoisotopic (exact) mass is 354 g/mol. The molecule has 0 aliphatic heterocycles. The lowest BCUT2D eigenvalue weighted by atomic mass is 9.59. The maximum absolute atomic E-state index is 13.2. The first kappa shape index (κ1) is 15.9. The van der Waals surface area contributed by atoms with E-state index in [1.54, 1.807) is 12.1 Å². The summed E-state index contributed by atoms with van der Waals surface area (Å²) in [5.41, 5.74) is 2.44. The van der Waals surface area contributed by atoms with Gasteiger partial charge in [0.05, 0.1) is 17.8 Å². The lowest BCUT2D eigenvalue weighted by molar-refractivity contribution is -0.112. The minimum atomic E-state index is -1.08. The summed E-state index contributed by atoms with van der Waals surface area (Å²) in [4.78, 5) is 25.3. The Bertz CT molecular complexity index is 986. The van der Waals surface area contributed by atoms with Crippen LogP contribution in [0.15, 0.2) is 22.8 Å². The van der Waals surface area contributed by atoms with Crippen molar-refractivity contribution in [3.8, 4) is 0 Å². The summed E-state index contributed by atoms with van der Waals surface area (Å²) in [6.45, 7) is 1.84. The van der Waals surface area contributed by atoms with Crippen molar-refractivity contribution < 1.29 is 29.0 Å². The molecule has 26 heavy (non-hydrogen) atoms. The van der Waals surface area contributed by atoms with Crippen LogP contribution in [0.2, 0.25) is 0 Å². The fraction of sp³-hybridized carbons (Fsp3) is 0.400. The van der Waals surface area contributed by atoms with Crippen molar-refractivity contribution in [2.24, 2.45) is 0 Å². The molecule has 6 heteroatoms. The molecule has 0 bridgehead atoms. The standard InChI is InChI=1S/C20H18O6/c1-20-11-5-3-8-9(4-6-12(8)21)13(11)16(23)17-14(20)10(7-26-17)15(22)18(25-2)19(20)24/h3,5,7,15,18-19,22,24H,4,6H2,1-2H3/t15-,18-,19-,20-/m0/s1. The van der Waals surface area contributed by atoms with Crippen LogP contribution in [0.3, 0.4) is 0 Å². The summed E-state index contributed by atoms with van der Waals surface area (Å²) in [7, 11) is 1.43. The molecule has 1 aromatic carbocycles. The fourth-order valence-corrected chi connectivity index (χ4v) is 5.02. The highest BCUT2D eigenvalue weighted by atomic mass is 16.5. The number of aliphatic hydroxyl groups excluding tert-OH is 2.